The standard InChI is InChI=1S/C24H25F3N2O5/c1-23(2,24(25,26)27)13-28-21(32)19(11-20(30)31)29-22(33)34-12-18-16-9-5-3-7-14(16)15-8-4-6-10-17(15)18/h3-10,18-19H,11-13H2,1-2H3,(H,28,32)(H,29,33)(H,30,31). The number of rotatable bonds is 8. The summed E-state index contributed by atoms with van der Waals surface area (Å²) < 4.78 is 44.4. The highest BCUT2D eigenvalue weighted by Crippen LogP contribution is 2.44. The number of alkyl carbamates (subject to hydrolysis) is 1. The molecule has 0 heterocycles. The lowest BCUT2D eigenvalue weighted by Crippen LogP contribution is -2.51. The quantitative estimate of drug-likeness (QED) is 0.531. The molecule has 10 heteroatoms. The Morgan fingerprint density at radius 2 is 1.53 bits per heavy atom. The molecule has 7 nitrogen and oxygen atoms in total. The van der Waals surface area contributed by atoms with Gasteiger partial charge in [-0.3, -0.25) is 9.59 Å². The Hall–Kier alpha value is -3.56. The molecule has 1 aliphatic rings. The molecule has 0 fully saturated rings. The van der Waals surface area contributed by atoms with Gasteiger partial charge in [0.05, 0.1) is 11.8 Å². The van der Waals surface area contributed by atoms with Gasteiger partial charge in [-0.05, 0) is 36.1 Å². The molecule has 0 aliphatic heterocycles. The van der Waals surface area contributed by atoms with Crippen LogP contribution in [0.4, 0.5) is 18.0 Å². The number of hydrogen-bond acceptors (Lipinski definition) is 4. The number of carboxylic acid groups (broad SMARTS) is 1. The van der Waals surface area contributed by atoms with E-state index in [1.54, 1.807) is 0 Å². The summed E-state index contributed by atoms with van der Waals surface area (Å²) in [4.78, 5) is 35.9. The molecule has 0 saturated carbocycles. The largest absolute Gasteiger partial charge is 0.481 e. The molecule has 182 valence electrons. The summed E-state index contributed by atoms with van der Waals surface area (Å²) in [6, 6.07) is 13.7. The van der Waals surface area contributed by atoms with Gasteiger partial charge in [0.2, 0.25) is 5.91 Å². The smallest absolute Gasteiger partial charge is 0.407 e. The zero-order valence-electron chi connectivity index (χ0n) is 18.6. The highest BCUT2D eigenvalue weighted by molar-refractivity contribution is 5.89. The number of alkyl halides is 3. The Morgan fingerprint density at radius 1 is 1.00 bits per heavy atom. The number of amides is 2. The van der Waals surface area contributed by atoms with E-state index in [0.717, 1.165) is 36.1 Å². The van der Waals surface area contributed by atoms with Crippen LogP contribution in [0.2, 0.25) is 0 Å². The summed E-state index contributed by atoms with van der Waals surface area (Å²) in [5, 5.41) is 13.3. The lowest BCUT2D eigenvalue weighted by molar-refractivity contribution is -0.209. The summed E-state index contributed by atoms with van der Waals surface area (Å²) in [5.41, 5.74) is 1.72. The van der Waals surface area contributed by atoms with Crippen LogP contribution in [0.3, 0.4) is 0 Å². The van der Waals surface area contributed by atoms with Gasteiger partial charge < -0.3 is 20.5 Å². The summed E-state index contributed by atoms with van der Waals surface area (Å²) in [7, 11) is 0. The van der Waals surface area contributed by atoms with E-state index in [1.165, 1.54) is 0 Å². The van der Waals surface area contributed by atoms with Gasteiger partial charge in [0.15, 0.2) is 0 Å². The maximum Gasteiger partial charge on any atom is 0.407 e. The number of carboxylic acids is 1. The van der Waals surface area contributed by atoms with Crippen molar-refractivity contribution in [3.05, 3.63) is 59.7 Å². The predicted molar refractivity (Wildman–Crippen MR) is 117 cm³/mol. The van der Waals surface area contributed by atoms with Crippen molar-refractivity contribution in [3.8, 4) is 11.1 Å². The van der Waals surface area contributed by atoms with E-state index in [9.17, 15) is 27.6 Å². The maximum absolute atomic E-state index is 13.0. The molecule has 0 saturated heterocycles. The van der Waals surface area contributed by atoms with Crippen LogP contribution in [0, 0.1) is 5.41 Å². The normalized spacial score (nSPS) is 14.0. The summed E-state index contributed by atoms with van der Waals surface area (Å²) in [6.07, 6.45) is -6.44. The number of nitrogens with one attached hydrogen (secondary N) is 2. The first-order valence-electron chi connectivity index (χ1n) is 10.6. The van der Waals surface area contributed by atoms with Crippen molar-refractivity contribution in [2.45, 2.75) is 38.4 Å². The second-order valence-corrected chi connectivity index (χ2v) is 8.72. The third-order valence-electron chi connectivity index (χ3n) is 5.80. The van der Waals surface area contributed by atoms with Gasteiger partial charge >= 0.3 is 18.2 Å². The van der Waals surface area contributed by atoms with E-state index in [0.29, 0.717) is 0 Å². The van der Waals surface area contributed by atoms with Crippen molar-refractivity contribution in [2.75, 3.05) is 13.2 Å². The fraction of sp³-hybridized carbons (Fsp3) is 0.375. The van der Waals surface area contributed by atoms with Crippen molar-refractivity contribution >= 4 is 18.0 Å². The van der Waals surface area contributed by atoms with Gasteiger partial charge in [-0.1, -0.05) is 48.5 Å². The van der Waals surface area contributed by atoms with Crippen LogP contribution in [0.15, 0.2) is 48.5 Å². The second kappa shape index (κ2) is 9.74. The third kappa shape index (κ3) is 5.49. The van der Waals surface area contributed by atoms with Crippen LogP contribution in [0.1, 0.15) is 37.3 Å². The zero-order valence-corrected chi connectivity index (χ0v) is 18.6. The van der Waals surface area contributed by atoms with E-state index in [4.69, 9.17) is 9.84 Å². The number of ether oxygens (including phenoxy) is 1. The van der Waals surface area contributed by atoms with Gasteiger partial charge in [-0.25, -0.2) is 4.79 Å². The topological polar surface area (TPSA) is 105 Å². The number of carbonyl (C=O) groups is 3. The second-order valence-electron chi connectivity index (χ2n) is 8.72. The highest BCUT2D eigenvalue weighted by atomic mass is 19.4. The Kier molecular flexibility index (Phi) is 7.18. The number of hydrogen-bond donors (Lipinski definition) is 3. The average molecular weight is 478 g/mol. The minimum absolute atomic E-state index is 0.0671. The molecule has 1 atom stereocenters. The number of benzene rings is 2. The van der Waals surface area contributed by atoms with Crippen molar-refractivity contribution in [1.29, 1.82) is 0 Å². The lowest BCUT2D eigenvalue weighted by Gasteiger charge is -2.28. The number of aliphatic carboxylic acids is 1. The van der Waals surface area contributed by atoms with E-state index < -0.39 is 48.6 Å². The minimum Gasteiger partial charge on any atom is -0.481 e. The summed E-state index contributed by atoms with van der Waals surface area (Å²) in [6.45, 7) is 0.955. The number of halogens is 3. The van der Waals surface area contributed by atoms with Gasteiger partial charge in [0.25, 0.3) is 0 Å². The van der Waals surface area contributed by atoms with Crippen LogP contribution >= 0.6 is 0 Å². The molecule has 0 bridgehead atoms. The van der Waals surface area contributed by atoms with Crippen LogP contribution in [-0.2, 0) is 14.3 Å². The third-order valence-corrected chi connectivity index (χ3v) is 5.80. The van der Waals surface area contributed by atoms with Gasteiger partial charge in [0.1, 0.15) is 12.6 Å². The van der Waals surface area contributed by atoms with E-state index in [2.05, 4.69) is 10.6 Å². The van der Waals surface area contributed by atoms with E-state index >= 15 is 0 Å². The van der Waals surface area contributed by atoms with Gasteiger partial charge in [-0.2, -0.15) is 13.2 Å². The Bertz CT molecular complexity index is 1040. The fourth-order valence-electron chi connectivity index (χ4n) is 3.70. The van der Waals surface area contributed by atoms with Crippen molar-refractivity contribution in [1.82, 2.24) is 10.6 Å². The molecule has 0 spiro atoms. The molecule has 3 rings (SSSR count). The first kappa shape index (κ1) is 25.1. The first-order valence-corrected chi connectivity index (χ1v) is 10.6. The average Bonchev–Trinajstić information content (AvgIpc) is 3.08. The van der Waals surface area contributed by atoms with Crippen molar-refractivity contribution in [2.24, 2.45) is 5.41 Å². The molecular weight excluding hydrogens is 453 g/mol. The summed E-state index contributed by atoms with van der Waals surface area (Å²) in [5.74, 6) is -2.71. The Balaban J connectivity index is 1.64. The van der Waals surface area contributed by atoms with Crippen molar-refractivity contribution < 1.29 is 37.4 Å². The molecule has 2 aromatic rings. The molecule has 1 unspecified atom stereocenters. The first-order chi connectivity index (χ1) is 15.9. The summed E-state index contributed by atoms with van der Waals surface area (Å²) >= 11 is 0. The van der Waals surface area contributed by atoms with Gasteiger partial charge in [0, 0.05) is 12.5 Å². The molecule has 0 radical (unpaired) electrons. The van der Waals surface area contributed by atoms with E-state index in [-0.39, 0.29) is 12.5 Å². The van der Waals surface area contributed by atoms with Crippen LogP contribution in [-0.4, -0.2) is 48.4 Å². The van der Waals surface area contributed by atoms with Crippen LogP contribution < -0.4 is 10.6 Å². The molecular formula is C24H25F3N2O5. The van der Waals surface area contributed by atoms with Crippen molar-refractivity contribution in [3.63, 3.8) is 0 Å². The molecule has 3 N–H and O–H groups in total. The Labute approximate surface area is 194 Å². The predicted octanol–water partition coefficient (Wildman–Crippen LogP) is 4.07. The monoisotopic (exact) mass is 478 g/mol. The number of carbonyl (C=O) groups excluding carboxylic acids is 2. The highest BCUT2D eigenvalue weighted by Gasteiger charge is 2.47. The molecule has 34 heavy (non-hydrogen) atoms. The number of fused-ring (bicyclic) bond motifs is 3. The lowest BCUT2D eigenvalue weighted by atomic mass is 9.92. The fourth-order valence-corrected chi connectivity index (χ4v) is 3.70. The minimum atomic E-state index is -4.58. The van der Waals surface area contributed by atoms with E-state index in [1.807, 2.05) is 48.5 Å². The molecule has 1 aliphatic carbocycles. The van der Waals surface area contributed by atoms with Crippen LogP contribution in [0.25, 0.3) is 11.1 Å². The zero-order chi connectivity index (χ0) is 25.1. The van der Waals surface area contributed by atoms with Gasteiger partial charge in [-0.15, -0.1) is 0 Å². The molecule has 0 aromatic heterocycles. The Morgan fingerprint density at radius 3 is 2.03 bits per heavy atom. The molecule has 2 aromatic carbocycles. The van der Waals surface area contributed by atoms with Crippen LogP contribution in [0.5, 0.6) is 0 Å². The molecule has 2 amide bonds. The maximum atomic E-state index is 13.0. The SMILES string of the molecule is CC(C)(CNC(=O)C(CC(=O)O)NC(=O)OCC1c2ccccc2-c2ccccc21)C(F)(F)F.